The van der Waals surface area contributed by atoms with Gasteiger partial charge in [-0.2, -0.15) is 13.2 Å². The summed E-state index contributed by atoms with van der Waals surface area (Å²) in [5.74, 6) is 1.22. The molecule has 31 heavy (non-hydrogen) atoms. The van der Waals surface area contributed by atoms with Gasteiger partial charge in [-0.3, -0.25) is 9.89 Å². The quantitative estimate of drug-likeness (QED) is 0.576. The largest absolute Gasteiger partial charge is 0.416 e. The molecule has 3 aliphatic rings. The molecule has 1 aromatic carbocycles. The molecule has 1 aromatic rings. The van der Waals surface area contributed by atoms with Crippen molar-refractivity contribution in [2.75, 3.05) is 53.5 Å². The van der Waals surface area contributed by atoms with Gasteiger partial charge in [0, 0.05) is 44.7 Å². The number of ether oxygens (including phenoxy) is 1. The number of rotatable bonds is 3. The molecule has 0 aromatic heterocycles. The van der Waals surface area contributed by atoms with E-state index in [1.807, 2.05) is 7.05 Å². The van der Waals surface area contributed by atoms with E-state index in [0.29, 0.717) is 5.92 Å². The molecule has 0 saturated carbocycles. The minimum Gasteiger partial charge on any atom is -0.381 e. The summed E-state index contributed by atoms with van der Waals surface area (Å²) in [6, 6.07) is 5.78. The summed E-state index contributed by atoms with van der Waals surface area (Å²) in [4.78, 5) is 9.11. The SMILES string of the molecule is CN=C(NCC1CCCN(C)C1c1ccc(C(F)(F)F)cc1)N1CCC2(CCOC2)C1. The molecular weight excluding hydrogens is 405 g/mol. The van der Waals surface area contributed by atoms with Crippen LogP contribution in [0.15, 0.2) is 29.3 Å². The number of hydrogen-bond donors (Lipinski definition) is 1. The summed E-state index contributed by atoms with van der Waals surface area (Å²) < 4.78 is 44.6. The zero-order chi connectivity index (χ0) is 22.1. The molecule has 1 N–H and O–H groups in total. The molecule has 3 heterocycles. The average Bonchev–Trinajstić information content (AvgIpc) is 3.38. The Kier molecular flexibility index (Phi) is 6.49. The van der Waals surface area contributed by atoms with Crippen LogP contribution in [0.2, 0.25) is 0 Å². The first kappa shape index (κ1) is 22.4. The Labute approximate surface area is 182 Å². The van der Waals surface area contributed by atoms with Gasteiger partial charge < -0.3 is 15.0 Å². The van der Waals surface area contributed by atoms with Crippen LogP contribution in [0.4, 0.5) is 13.2 Å². The van der Waals surface area contributed by atoms with E-state index in [1.54, 1.807) is 12.1 Å². The predicted molar refractivity (Wildman–Crippen MR) is 115 cm³/mol. The maximum atomic E-state index is 13.0. The summed E-state index contributed by atoms with van der Waals surface area (Å²) in [5.41, 5.74) is 0.620. The van der Waals surface area contributed by atoms with Crippen LogP contribution in [0.5, 0.6) is 0 Å². The Morgan fingerprint density at radius 2 is 2.00 bits per heavy atom. The van der Waals surface area contributed by atoms with Crippen LogP contribution in [0.3, 0.4) is 0 Å². The highest BCUT2D eigenvalue weighted by atomic mass is 19.4. The lowest BCUT2D eigenvalue weighted by Crippen LogP contribution is -2.46. The number of piperidine rings is 1. The fourth-order valence-electron chi connectivity index (χ4n) is 5.51. The summed E-state index contributed by atoms with van der Waals surface area (Å²) in [6.45, 7) is 5.34. The van der Waals surface area contributed by atoms with Gasteiger partial charge in [0.05, 0.1) is 12.2 Å². The molecule has 3 atom stereocenters. The van der Waals surface area contributed by atoms with Gasteiger partial charge in [0.15, 0.2) is 5.96 Å². The first-order chi connectivity index (χ1) is 14.8. The number of nitrogens with zero attached hydrogens (tertiary/aromatic N) is 3. The van der Waals surface area contributed by atoms with Crippen LogP contribution in [0.25, 0.3) is 0 Å². The van der Waals surface area contributed by atoms with Gasteiger partial charge in [-0.05, 0) is 62.9 Å². The van der Waals surface area contributed by atoms with Gasteiger partial charge in [0.2, 0.25) is 0 Å². The number of aliphatic imine (C=N–C) groups is 1. The number of halogens is 3. The molecule has 3 fully saturated rings. The molecule has 172 valence electrons. The van der Waals surface area contributed by atoms with Crippen LogP contribution < -0.4 is 5.32 Å². The predicted octanol–water partition coefficient (Wildman–Crippen LogP) is 3.78. The van der Waals surface area contributed by atoms with Crippen molar-refractivity contribution in [2.45, 2.75) is 37.9 Å². The molecular formula is C23H33F3N4O. The third-order valence-corrected chi connectivity index (χ3v) is 7.24. The zero-order valence-electron chi connectivity index (χ0n) is 18.4. The third-order valence-electron chi connectivity index (χ3n) is 7.24. The number of hydrogen-bond acceptors (Lipinski definition) is 3. The van der Waals surface area contributed by atoms with Crippen LogP contribution in [-0.2, 0) is 10.9 Å². The third kappa shape index (κ3) is 4.85. The lowest BCUT2D eigenvalue weighted by atomic mass is 9.84. The van der Waals surface area contributed by atoms with Crippen molar-refractivity contribution in [2.24, 2.45) is 16.3 Å². The first-order valence-electron chi connectivity index (χ1n) is 11.2. The lowest BCUT2D eigenvalue weighted by Gasteiger charge is -2.40. The smallest absolute Gasteiger partial charge is 0.381 e. The van der Waals surface area contributed by atoms with E-state index in [0.717, 1.165) is 76.6 Å². The van der Waals surface area contributed by atoms with Crippen LogP contribution in [-0.4, -0.2) is 69.2 Å². The van der Waals surface area contributed by atoms with Crippen LogP contribution >= 0.6 is 0 Å². The van der Waals surface area contributed by atoms with Gasteiger partial charge in [0.25, 0.3) is 0 Å². The minimum absolute atomic E-state index is 0.0924. The standard InChI is InChI=1S/C23H33F3N4O/c1-27-21(30-12-9-22(15-30)10-13-31-16-22)28-14-18-4-3-11-29(2)20(18)17-5-7-19(8-6-17)23(24,25)26/h5-8,18,20H,3-4,9-16H2,1-2H3,(H,27,28). The fourth-order valence-corrected chi connectivity index (χ4v) is 5.51. The summed E-state index contributed by atoms with van der Waals surface area (Å²) in [6.07, 6.45) is 0.0698. The van der Waals surface area contributed by atoms with Crippen molar-refractivity contribution in [1.82, 2.24) is 15.1 Å². The Hall–Kier alpha value is -1.80. The van der Waals surface area contributed by atoms with E-state index in [2.05, 4.69) is 27.2 Å². The number of guanidine groups is 1. The Morgan fingerprint density at radius 1 is 1.23 bits per heavy atom. The van der Waals surface area contributed by atoms with Crippen molar-refractivity contribution in [1.29, 1.82) is 0 Å². The Balaban J connectivity index is 1.42. The highest BCUT2D eigenvalue weighted by Gasteiger charge is 2.42. The molecule has 0 bridgehead atoms. The van der Waals surface area contributed by atoms with Crippen molar-refractivity contribution in [3.63, 3.8) is 0 Å². The van der Waals surface area contributed by atoms with Crippen molar-refractivity contribution < 1.29 is 17.9 Å². The molecule has 4 rings (SSSR count). The maximum Gasteiger partial charge on any atom is 0.416 e. The van der Waals surface area contributed by atoms with Crippen molar-refractivity contribution in [3.05, 3.63) is 35.4 Å². The molecule has 8 heteroatoms. The summed E-state index contributed by atoms with van der Waals surface area (Å²) in [7, 11) is 3.88. The van der Waals surface area contributed by atoms with Gasteiger partial charge in [-0.15, -0.1) is 0 Å². The van der Waals surface area contributed by atoms with Crippen LogP contribution in [0.1, 0.15) is 42.9 Å². The zero-order valence-corrected chi connectivity index (χ0v) is 18.4. The van der Waals surface area contributed by atoms with Gasteiger partial charge in [-0.1, -0.05) is 12.1 Å². The Bertz CT molecular complexity index is 774. The minimum atomic E-state index is -4.30. The van der Waals surface area contributed by atoms with Crippen LogP contribution in [0, 0.1) is 11.3 Å². The molecule has 3 saturated heterocycles. The lowest BCUT2D eigenvalue weighted by molar-refractivity contribution is -0.137. The number of nitrogens with one attached hydrogen (secondary N) is 1. The molecule has 0 radical (unpaired) electrons. The molecule has 3 aliphatic heterocycles. The highest BCUT2D eigenvalue weighted by molar-refractivity contribution is 5.80. The summed E-state index contributed by atoms with van der Waals surface area (Å²) >= 11 is 0. The van der Waals surface area contributed by atoms with Crippen molar-refractivity contribution >= 4 is 5.96 Å². The van der Waals surface area contributed by atoms with Gasteiger partial charge in [0.1, 0.15) is 0 Å². The molecule has 0 aliphatic carbocycles. The number of alkyl halides is 3. The number of benzene rings is 1. The van der Waals surface area contributed by atoms with Gasteiger partial charge >= 0.3 is 6.18 Å². The van der Waals surface area contributed by atoms with Crippen molar-refractivity contribution in [3.8, 4) is 0 Å². The maximum absolute atomic E-state index is 13.0. The van der Waals surface area contributed by atoms with E-state index in [9.17, 15) is 13.2 Å². The molecule has 0 amide bonds. The van der Waals surface area contributed by atoms with E-state index >= 15 is 0 Å². The van der Waals surface area contributed by atoms with E-state index < -0.39 is 11.7 Å². The fraction of sp³-hybridized carbons (Fsp3) is 0.696. The molecule has 1 spiro atoms. The highest BCUT2D eigenvalue weighted by Crippen LogP contribution is 2.39. The number of likely N-dealkylation sites (tertiary alicyclic amines) is 2. The van der Waals surface area contributed by atoms with E-state index in [-0.39, 0.29) is 11.5 Å². The average molecular weight is 439 g/mol. The first-order valence-corrected chi connectivity index (χ1v) is 11.2. The summed E-state index contributed by atoms with van der Waals surface area (Å²) in [5, 5.41) is 3.57. The van der Waals surface area contributed by atoms with Gasteiger partial charge in [-0.25, -0.2) is 0 Å². The van der Waals surface area contributed by atoms with E-state index in [4.69, 9.17) is 4.74 Å². The Morgan fingerprint density at radius 3 is 2.65 bits per heavy atom. The second-order valence-corrected chi connectivity index (χ2v) is 9.35. The molecule has 5 nitrogen and oxygen atoms in total. The van der Waals surface area contributed by atoms with E-state index in [1.165, 1.54) is 12.1 Å². The second-order valence-electron chi connectivity index (χ2n) is 9.35. The second kappa shape index (κ2) is 8.98. The molecule has 3 unspecified atom stereocenters. The normalized spacial score (nSPS) is 30.4. The monoisotopic (exact) mass is 438 g/mol. The topological polar surface area (TPSA) is 40.1 Å².